The maximum Gasteiger partial charge on any atom is 0.112 e. The zero-order valence-electron chi connectivity index (χ0n) is 9.11. The Labute approximate surface area is 104 Å². The minimum atomic E-state index is 0.581. The Bertz CT molecular complexity index is 515. The Morgan fingerprint density at radius 2 is 2.38 bits per heavy atom. The summed E-state index contributed by atoms with van der Waals surface area (Å²) >= 11 is 7.54. The van der Waals surface area contributed by atoms with Crippen LogP contribution in [0.25, 0.3) is 10.6 Å². The van der Waals surface area contributed by atoms with E-state index in [0.717, 1.165) is 16.6 Å². The average Bonchev–Trinajstić information content (AvgIpc) is 2.84. The molecule has 0 bridgehead atoms. The quantitative estimate of drug-likeness (QED) is 0.745. The number of aryl methyl sites for hydroxylation is 1. The molecule has 0 unspecified atom stereocenters. The van der Waals surface area contributed by atoms with Crippen molar-refractivity contribution in [1.29, 1.82) is 0 Å². The fraction of sp³-hybridized carbons (Fsp3) is 0.417. The number of fused-ring (bicyclic) bond motifs is 1. The molecule has 3 heterocycles. The van der Waals surface area contributed by atoms with Gasteiger partial charge in [-0.15, -0.1) is 11.3 Å². The highest BCUT2D eigenvalue weighted by atomic mass is 35.5. The molecule has 2 aromatic heterocycles. The van der Waals surface area contributed by atoms with Crippen LogP contribution in [0.1, 0.15) is 31.5 Å². The molecule has 2 nitrogen and oxygen atoms in total. The van der Waals surface area contributed by atoms with Gasteiger partial charge in [0.15, 0.2) is 0 Å². The van der Waals surface area contributed by atoms with Crippen molar-refractivity contribution in [2.24, 2.45) is 0 Å². The molecule has 1 aliphatic heterocycles. The molecule has 0 aliphatic carbocycles. The van der Waals surface area contributed by atoms with Crippen molar-refractivity contribution >= 4 is 22.9 Å². The van der Waals surface area contributed by atoms with Crippen LogP contribution in [0.15, 0.2) is 18.3 Å². The van der Waals surface area contributed by atoms with Crippen LogP contribution in [-0.2, 0) is 6.54 Å². The molecule has 0 spiro atoms. The first-order valence-corrected chi connectivity index (χ1v) is 6.76. The summed E-state index contributed by atoms with van der Waals surface area (Å²) in [4.78, 5) is 5.90. The predicted octanol–water partition coefficient (Wildman–Crippen LogP) is 4.16. The molecular weight excluding hydrogens is 240 g/mol. The van der Waals surface area contributed by atoms with Crippen LogP contribution < -0.4 is 0 Å². The largest absolute Gasteiger partial charge is 0.334 e. The molecule has 4 heteroatoms. The number of nitrogens with zero attached hydrogens (tertiary/aromatic N) is 2. The van der Waals surface area contributed by atoms with E-state index >= 15 is 0 Å². The van der Waals surface area contributed by atoms with Gasteiger partial charge in [0.1, 0.15) is 5.82 Å². The van der Waals surface area contributed by atoms with Crippen LogP contribution >= 0.6 is 22.9 Å². The van der Waals surface area contributed by atoms with E-state index in [1.165, 1.54) is 23.5 Å². The molecule has 1 atom stereocenters. The van der Waals surface area contributed by atoms with E-state index in [9.17, 15) is 0 Å². The van der Waals surface area contributed by atoms with E-state index in [2.05, 4.69) is 17.7 Å². The van der Waals surface area contributed by atoms with Crippen LogP contribution in [0.2, 0.25) is 4.34 Å². The van der Waals surface area contributed by atoms with Crippen molar-refractivity contribution in [2.45, 2.75) is 32.2 Å². The first kappa shape index (κ1) is 10.4. The maximum absolute atomic E-state index is 5.95. The number of rotatable bonds is 1. The van der Waals surface area contributed by atoms with Crippen LogP contribution in [0, 0.1) is 0 Å². The Morgan fingerprint density at radius 3 is 3.06 bits per heavy atom. The van der Waals surface area contributed by atoms with Gasteiger partial charge in [-0.2, -0.15) is 0 Å². The fourth-order valence-electron chi connectivity index (χ4n) is 2.27. The van der Waals surface area contributed by atoms with Crippen LogP contribution in [0.4, 0.5) is 0 Å². The average molecular weight is 253 g/mol. The van der Waals surface area contributed by atoms with Gasteiger partial charge in [-0.3, -0.25) is 0 Å². The van der Waals surface area contributed by atoms with E-state index in [0.29, 0.717) is 5.92 Å². The van der Waals surface area contributed by atoms with Gasteiger partial charge in [-0.05, 0) is 25.0 Å². The summed E-state index contributed by atoms with van der Waals surface area (Å²) < 4.78 is 3.12. The summed E-state index contributed by atoms with van der Waals surface area (Å²) in [5.74, 6) is 1.81. The summed E-state index contributed by atoms with van der Waals surface area (Å²) in [6.45, 7) is 3.36. The van der Waals surface area contributed by atoms with Crippen molar-refractivity contribution < 1.29 is 0 Å². The summed E-state index contributed by atoms with van der Waals surface area (Å²) in [7, 11) is 0. The van der Waals surface area contributed by atoms with Gasteiger partial charge in [-0.25, -0.2) is 4.98 Å². The number of imidazole rings is 1. The monoisotopic (exact) mass is 252 g/mol. The lowest BCUT2D eigenvalue weighted by Gasteiger charge is -2.19. The summed E-state index contributed by atoms with van der Waals surface area (Å²) in [5, 5.41) is 0. The standard InChI is InChI=1S/C12H13ClN2S/c1-8-3-2-6-15-7-9(14-12(8)15)10-4-5-11(13)16-10/h4-5,7-8H,2-3,6H2,1H3/t8-/m0/s1. The van der Waals surface area contributed by atoms with Crippen molar-refractivity contribution in [3.8, 4) is 10.6 Å². The van der Waals surface area contributed by atoms with Crippen LogP contribution in [-0.4, -0.2) is 9.55 Å². The van der Waals surface area contributed by atoms with Crippen molar-refractivity contribution in [2.75, 3.05) is 0 Å². The van der Waals surface area contributed by atoms with E-state index in [-0.39, 0.29) is 0 Å². The highest BCUT2D eigenvalue weighted by Gasteiger charge is 2.19. The zero-order valence-corrected chi connectivity index (χ0v) is 10.7. The Balaban J connectivity index is 2.04. The third-order valence-corrected chi connectivity index (χ3v) is 4.36. The molecule has 3 rings (SSSR count). The number of aromatic nitrogens is 2. The second-order valence-corrected chi connectivity index (χ2v) is 6.04. The van der Waals surface area contributed by atoms with Gasteiger partial charge >= 0.3 is 0 Å². The van der Waals surface area contributed by atoms with E-state index in [1.54, 1.807) is 11.3 Å². The van der Waals surface area contributed by atoms with Gasteiger partial charge in [0, 0.05) is 18.7 Å². The predicted molar refractivity (Wildman–Crippen MR) is 68.2 cm³/mol. The SMILES string of the molecule is C[C@H]1CCCn2cc(-c3ccc(Cl)s3)nc21. The Hall–Kier alpha value is -0.800. The first-order chi connectivity index (χ1) is 7.74. The van der Waals surface area contributed by atoms with Gasteiger partial charge < -0.3 is 4.57 Å². The van der Waals surface area contributed by atoms with Crippen molar-refractivity contribution in [3.63, 3.8) is 0 Å². The molecule has 0 aromatic carbocycles. The number of halogens is 1. The van der Waals surface area contributed by atoms with E-state index in [1.807, 2.05) is 12.1 Å². The molecule has 0 saturated carbocycles. The Morgan fingerprint density at radius 1 is 1.50 bits per heavy atom. The molecular formula is C12H13ClN2S. The number of thiophene rings is 1. The zero-order chi connectivity index (χ0) is 11.1. The highest BCUT2D eigenvalue weighted by molar-refractivity contribution is 7.19. The molecule has 0 N–H and O–H groups in total. The summed E-state index contributed by atoms with van der Waals surface area (Å²) in [6, 6.07) is 3.98. The van der Waals surface area contributed by atoms with Crippen LogP contribution in [0.5, 0.6) is 0 Å². The third kappa shape index (κ3) is 1.68. The minimum absolute atomic E-state index is 0.581. The van der Waals surface area contributed by atoms with Gasteiger partial charge in [0.05, 0.1) is 14.9 Å². The minimum Gasteiger partial charge on any atom is -0.334 e. The van der Waals surface area contributed by atoms with Gasteiger partial charge in [0.2, 0.25) is 0 Å². The normalized spacial score (nSPS) is 19.8. The molecule has 0 fully saturated rings. The molecule has 2 aromatic rings. The molecule has 0 saturated heterocycles. The second-order valence-electron chi connectivity index (χ2n) is 4.32. The molecule has 84 valence electrons. The van der Waals surface area contributed by atoms with Gasteiger partial charge in [-0.1, -0.05) is 18.5 Å². The number of hydrogen-bond donors (Lipinski definition) is 0. The fourth-order valence-corrected chi connectivity index (χ4v) is 3.27. The summed E-state index contributed by atoms with van der Waals surface area (Å²) in [5.41, 5.74) is 1.07. The lowest BCUT2D eigenvalue weighted by atomic mass is 10.0. The Kier molecular flexibility index (Phi) is 2.52. The first-order valence-electron chi connectivity index (χ1n) is 5.57. The van der Waals surface area contributed by atoms with E-state index < -0.39 is 0 Å². The molecule has 0 amide bonds. The topological polar surface area (TPSA) is 17.8 Å². The third-order valence-electron chi connectivity index (χ3n) is 3.11. The number of hydrogen-bond acceptors (Lipinski definition) is 2. The van der Waals surface area contributed by atoms with Crippen molar-refractivity contribution in [1.82, 2.24) is 9.55 Å². The highest BCUT2D eigenvalue weighted by Crippen LogP contribution is 2.33. The van der Waals surface area contributed by atoms with Crippen molar-refractivity contribution in [3.05, 3.63) is 28.5 Å². The smallest absolute Gasteiger partial charge is 0.112 e. The maximum atomic E-state index is 5.95. The molecule has 16 heavy (non-hydrogen) atoms. The van der Waals surface area contributed by atoms with Crippen LogP contribution in [0.3, 0.4) is 0 Å². The summed E-state index contributed by atoms with van der Waals surface area (Å²) in [6.07, 6.45) is 4.67. The molecule has 0 radical (unpaired) electrons. The van der Waals surface area contributed by atoms with Gasteiger partial charge in [0.25, 0.3) is 0 Å². The lowest BCUT2D eigenvalue weighted by Crippen LogP contribution is -2.12. The molecule has 1 aliphatic rings. The second kappa shape index (κ2) is 3.90. The van der Waals surface area contributed by atoms with E-state index in [4.69, 9.17) is 16.6 Å². The lowest BCUT2D eigenvalue weighted by molar-refractivity contribution is 0.463.